The zero-order chi connectivity index (χ0) is 13.3. The van der Waals surface area contributed by atoms with Crippen LogP contribution >= 0.6 is 0 Å². The number of aryl methyl sites for hydroxylation is 1. The zero-order valence-corrected chi connectivity index (χ0v) is 9.91. The van der Waals surface area contributed by atoms with E-state index in [9.17, 15) is 14.9 Å². The maximum Gasteiger partial charge on any atom is 0.312 e. The number of nitro groups is 1. The first-order valence-electron chi connectivity index (χ1n) is 5.57. The van der Waals surface area contributed by atoms with Crippen molar-refractivity contribution in [1.82, 2.24) is 9.78 Å². The maximum atomic E-state index is 11.4. The fourth-order valence-corrected chi connectivity index (χ4v) is 2.03. The molecule has 0 bridgehead atoms. The topological polar surface area (TPSA) is 113 Å². The molecule has 0 aliphatic carbocycles. The molecule has 18 heavy (non-hydrogen) atoms. The van der Waals surface area contributed by atoms with E-state index >= 15 is 0 Å². The maximum absolute atomic E-state index is 11.4. The smallest absolute Gasteiger partial charge is 0.312 e. The van der Waals surface area contributed by atoms with E-state index in [1.807, 2.05) is 0 Å². The third kappa shape index (κ3) is 2.24. The molecule has 2 atom stereocenters. The molecule has 98 valence electrons. The lowest BCUT2D eigenvalue weighted by atomic mass is 10.1. The lowest BCUT2D eigenvalue weighted by Crippen LogP contribution is -2.31. The molecule has 2 N–H and O–H groups in total. The second-order valence-electron chi connectivity index (χ2n) is 4.25. The molecule has 1 fully saturated rings. The van der Waals surface area contributed by atoms with E-state index in [0.717, 1.165) is 0 Å². The van der Waals surface area contributed by atoms with E-state index < -0.39 is 17.1 Å². The standard InChI is InChI=1S/C10H14N4O4/c1-13-10(7(4-12-13)14(16)17)9-3-2-6(11)8(15)5-18-9/h4,6,9H,2-3,5,11H2,1H3/t6-,9+/m1/s1. The van der Waals surface area contributed by atoms with Crippen molar-refractivity contribution >= 4 is 11.5 Å². The van der Waals surface area contributed by atoms with Crippen molar-refractivity contribution in [3.8, 4) is 0 Å². The van der Waals surface area contributed by atoms with Crippen molar-refractivity contribution in [1.29, 1.82) is 0 Å². The van der Waals surface area contributed by atoms with Crippen LogP contribution in [0.1, 0.15) is 24.6 Å². The van der Waals surface area contributed by atoms with Crippen LogP contribution in [0.15, 0.2) is 6.20 Å². The Balaban J connectivity index is 2.28. The Kier molecular flexibility index (Phi) is 3.39. The van der Waals surface area contributed by atoms with Crippen LogP contribution in [0.5, 0.6) is 0 Å². The SMILES string of the molecule is Cn1ncc([N+](=O)[O-])c1[C@@H]1CC[C@@H](N)C(=O)CO1. The van der Waals surface area contributed by atoms with Gasteiger partial charge in [-0.05, 0) is 12.8 Å². The molecule has 1 aromatic heterocycles. The van der Waals surface area contributed by atoms with Gasteiger partial charge in [-0.25, -0.2) is 0 Å². The number of carbonyl (C=O) groups excluding carboxylic acids is 1. The van der Waals surface area contributed by atoms with E-state index in [1.165, 1.54) is 10.9 Å². The van der Waals surface area contributed by atoms with Crippen molar-refractivity contribution in [3.05, 3.63) is 22.0 Å². The van der Waals surface area contributed by atoms with E-state index in [1.54, 1.807) is 7.05 Å². The number of hydrogen-bond donors (Lipinski definition) is 1. The molecule has 0 radical (unpaired) electrons. The molecule has 1 aliphatic heterocycles. The molecule has 0 spiro atoms. The highest BCUT2D eigenvalue weighted by atomic mass is 16.6. The van der Waals surface area contributed by atoms with Crippen molar-refractivity contribution < 1.29 is 14.5 Å². The summed E-state index contributed by atoms with van der Waals surface area (Å²) in [5.41, 5.74) is 5.93. The fraction of sp³-hybridized carbons (Fsp3) is 0.600. The molecule has 1 saturated heterocycles. The lowest BCUT2D eigenvalue weighted by molar-refractivity contribution is -0.386. The quantitative estimate of drug-likeness (QED) is 0.590. The fourth-order valence-electron chi connectivity index (χ4n) is 2.03. The number of aromatic nitrogens is 2. The molecule has 2 rings (SSSR count). The van der Waals surface area contributed by atoms with Crippen LogP contribution in [0.4, 0.5) is 5.69 Å². The van der Waals surface area contributed by atoms with Crippen LogP contribution in [0.2, 0.25) is 0 Å². The van der Waals surface area contributed by atoms with Gasteiger partial charge < -0.3 is 10.5 Å². The van der Waals surface area contributed by atoms with Crippen LogP contribution in [0.25, 0.3) is 0 Å². The number of carbonyl (C=O) groups is 1. The van der Waals surface area contributed by atoms with Gasteiger partial charge in [0.15, 0.2) is 5.78 Å². The van der Waals surface area contributed by atoms with Crippen LogP contribution < -0.4 is 5.73 Å². The first-order valence-corrected chi connectivity index (χ1v) is 5.57. The second-order valence-corrected chi connectivity index (χ2v) is 4.25. The third-order valence-corrected chi connectivity index (χ3v) is 3.05. The largest absolute Gasteiger partial charge is 0.364 e. The minimum Gasteiger partial charge on any atom is -0.364 e. The molecule has 8 heteroatoms. The predicted molar refractivity (Wildman–Crippen MR) is 60.8 cm³/mol. The van der Waals surface area contributed by atoms with Crippen LogP contribution in [-0.4, -0.2) is 33.1 Å². The Labute approximate surface area is 103 Å². The van der Waals surface area contributed by atoms with E-state index in [2.05, 4.69) is 5.10 Å². The van der Waals surface area contributed by atoms with Crippen LogP contribution in [-0.2, 0) is 16.6 Å². The Hall–Kier alpha value is -1.80. The van der Waals surface area contributed by atoms with Crippen molar-refractivity contribution in [2.75, 3.05) is 6.61 Å². The first-order chi connectivity index (χ1) is 8.50. The number of ketones is 1. The molecule has 1 aromatic rings. The van der Waals surface area contributed by atoms with Gasteiger partial charge >= 0.3 is 5.69 Å². The summed E-state index contributed by atoms with van der Waals surface area (Å²) < 4.78 is 6.81. The molecular weight excluding hydrogens is 240 g/mol. The number of nitrogens with two attached hydrogens (primary N) is 1. The number of hydrogen-bond acceptors (Lipinski definition) is 6. The van der Waals surface area contributed by atoms with Crippen LogP contribution in [0.3, 0.4) is 0 Å². The van der Waals surface area contributed by atoms with Gasteiger partial charge in [0.2, 0.25) is 0 Å². The highest BCUT2D eigenvalue weighted by Crippen LogP contribution is 2.31. The number of rotatable bonds is 2. The van der Waals surface area contributed by atoms with Gasteiger partial charge in [0.25, 0.3) is 0 Å². The Bertz CT molecular complexity index is 484. The predicted octanol–water partition coefficient (Wildman–Crippen LogP) is 0.0762. The lowest BCUT2D eigenvalue weighted by Gasteiger charge is -2.13. The summed E-state index contributed by atoms with van der Waals surface area (Å²) in [6.45, 7) is -0.117. The summed E-state index contributed by atoms with van der Waals surface area (Å²) in [6.07, 6.45) is 1.58. The normalized spacial score (nSPS) is 24.9. The van der Waals surface area contributed by atoms with E-state index in [-0.39, 0.29) is 18.1 Å². The van der Waals surface area contributed by atoms with E-state index in [4.69, 9.17) is 10.5 Å². The first kappa shape index (κ1) is 12.7. The molecule has 0 amide bonds. The van der Waals surface area contributed by atoms with Gasteiger partial charge in [0.05, 0.1) is 11.0 Å². The summed E-state index contributed by atoms with van der Waals surface area (Å²) in [5, 5.41) is 14.8. The van der Waals surface area contributed by atoms with Gasteiger partial charge in [-0.15, -0.1) is 0 Å². The molecule has 0 saturated carbocycles. The monoisotopic (exact) mass is 254 g/mol. The second kappa shape index (κ2) is 4.83. The number of nitrogens with zero attached hydrogens (tertiary/aromatic N) is 3. The summed E-state index contributed by atoms with van der Waals surface area (Å²) in [5.74, 6) is -0.178. The van der Waals surface area contributed by atoms with Crippen molar-refractivity contribution in [3.63, 3.8) is 0 Å². The van der Waals surface area contributed by atoms with E-state index in [0.29, 0.717) is 18.5 Å². The zero-order valence-electron chi connectivity index (χ0n) is 9.91. The summed E-state index contributed by atoms with van der Waals surface area (Å²) >= 11 is 0. The average Bonchev–Trinajstić information content (AvgIpc) is 2.63. The van der Waals surface area contributed by atoms with Gasteiger partial charge in [-0.2, -0.15) is 5.10 Å². The van der Waals surface area contributed by atoms with Gasteiger partial charge in [0, 0.05) is 7.05 Å². The molecule has 2 heterocycles. The molecular formula is C10H14N4O4. The highest BCUT2D eigenvalue weighted by Gasteiger charge is 2.31. The number of Topliss-reactive ketones (excluding diaryl/α,β-unsaturated/α-hetero) is 1. The Morgan fingerprint density at radius 2 is 2.33 bits per heavy atom. The minimum absolute atomic E-state index is 0.0922. The van der Waals surface area contributed by atoms with Gasteiger partial charge in [0.1, 0.15) is 24.6 Å². The van der Waals surface area contributed by atoms with Gasteiger partial charge in [-0.3, -0.25) is 19.6 Å². The molecule has 0 unspecified atom stereocenters. The van der Waals surface area contributed by atoms with Crippen LogP contribution in [0, 0.1) is 10.1 Å². The molecule has 0 aromatic carbocycles. The van der Waals surface area contributed by atoms with Crippen molar-refractivity contribution in [2.45, 2.75) is 25.0 Å². The molecule has 1 aliphatic rings. The van der Waals surface area contributed by atoms with Gasteiger partial charge in [-0.1, -0.05) is 0 Å². The Morgan fingerprint density at radius 3 is 3.00 bits per heavy atom. The summed E-state index contributed by atoms with van der Waals surface area (Å²) in [6, 6.07) is -0.553. The minimum atomic E-state index is -0.553. The Morgan fingerprint density at radius 1 is 1.61 bits per heavy atom. The average molecular weight is 254 g/mol. The summed E-state index contributed by atoms with van der Waals surface area (Å²) in [7, 11) is 1.61. The third-order valence-electron chi connectivity index (χ3n) is 3.05. The highest BCUT2D eigenvalue weighted by molar-refractivity contribution is 5.85. The summed E-state index contributed by atoms with van der Waals surface area (Å²) in [4.78, 5) is 21.8. The van der Waals surface area contributed by atoms with Crippen molar-refractivity contribution in [2.24, 2.45) is 12.8 Å². The molecule has 8 nitrogen and oxygen atoms in total. The number of ether oxygens (including phenoxy) is 1.